The van der Waals surface area contributed by atoms with Crippen LogP contribution in [-0.2, 0) is 15.8 Å². The van der Waals surface area contributed by atoms with Gasteiger partial charge in [-0.2, -0.15) is 13.2 Å². The topological polar surface area (TPSA) is 49.4 Å². The van der Waals surface area contributed by atoms with E-state index in [-0.39, 0.29) is 11.1 Å². The molecule has 0 heterocycles. The Morgan fingerprint density at radius 3 is 2.33 bits per heavy atom. The number of amides is 2. The summed E-state index contributed by atoms with van der Waals surface area (Å²) in [7, 11) is 0. The normalized spacial score (nSPS) is 12.4. The van der Waals surface area contributed by atoms with Gasteiger partial charge in [-0.25, -0.2) is 0 Å². The lowest BCUT2D eigenvalue weighted by Gasteiger charge is -2.25. The van der Waals surface area contributed by atoms with Gasteiger partial charge in [0, 0.05) is 11.9 Å². The highest BCUT2D eigenvalue weighted by Crippen LogP contribution is 2.38. The molecule has 27 heavy (non-hydrogen) atoms. The van der Waals surface area contributed by atoms with Crippen molar-refractivity contribution in [3.63, 3.8) is 0 Å². The maximum Gasteiger partial charge on any atom is 0.418 e. The first-order valence-electron chi connectivity index (χ1n) is 8.08. The number of rotatable bonds is 5. The van der Waals surface area contributed by atoms with Crippen LogP contribution in [0.5, 0.6) is 0 Å². The molecule has 2 rings (SSSR count). The predicted molar refractivity (Wildman–Crippen MR) is 97.5 cm³/mol. The Morgan fingerprint density at radius 1 is 1.15 bits per heavy atom. The Hall–Kier alpha value is -2.54. The fourth-order valence-corrected chi connectivity index (χ4v) is 2.76. The molecule has 1 atom stereocenters. The monoisotopic (exact) mass is 398 g/mol. The van der Waals surface area contributed by atoms with Crippen LogP contribution >= 0.6 is 11.6 Å². The highest BCUT2D eigenvalue weighted by molar-refractivity contribution is 6.30. The van der Waals surface area contributed by atoms with E-state index in [0.29, 0.717) is 0 Å². The summed E-state index contributed by atoms with van der Waals surface area (Å²) in [4.78, 5) is 25.1. The molecular weight excluding hydrogens is 381 g/mol. The van der Waals surface area contributed by atoms with Crippen LogP contribution in [0.1, 0.15) is 31.0 Å². The van der Waals surface area contributed by atoms with Gasteiger partial charge in [-0.05, 0) is 30.7 Å². The molecule has 0 saturated heterocycles. The molecule has 0 saturated carbocycles. The zero-order valence-electron chi connectivity index (χ0n) is 14.7. The SMILES string of the molecule is CC(=O)N(CC(=O)NC(C)c1ccccc1)c1ccc(Cl)cc1C(F)(F)F. The van der Waals surface area contributed by atoms with E-state index in [1.54, 1.807) is 6.92 Å². The van der Waals surface area contributed by atoms with Crippen LogP contribution in [0, 0.1) is 0 Å². The van der Waals surface area contributed by atoms with Crippen molar-refractivity contribution in [2.75, 3.05) is 11.4 Å². The van der Waals surface area contributed by atoms with Gasteiger partial charge in [-0.15, -0.1) is 0 Å². The highest BCUT2D eigenvalue weighted by Gasteiger charge is 2.36. The summed E-state index contributed by atoms with van der Waals surface area (Å²) in [5, 5.41) is 2.57. The number of halogens is 4. The second kappa shape index (κ2) is 8.43. The molecule has 0 fully saturated rings. The molecule has 1 N–H and O–H groups in total. The van der Waals surface area contributed by atoms with E-state index >= 15 is 0 Å². The number of carbonyl (C=O) groups excluding carboxylic acids is 2. The first-order chi connectivity index (χ1) is 12.6. The molecular formula is C19H18ClF3N2O2. The van der Waals surface area contributed by atoms with E-state index in [9.17, 15) is 22.8 Å². The summed E-state index contributed by atoms with van der Waals surface area (Å²) >= 11 is 5.67. The van der Waals surface area contributed by atoms with Crippen molar-refractivity contribution in [1.29, 1.82) is 0 Å². The van der Waals surface area contributed by atoms with E-state index in [1.807, 2.05) is 30.3 Å². The Morgan fingerprint density at radius 2 is 1.78 bits per heavy atom. The summed E-state index contributed by atoms with van der Waals surface area (Å²) in [6.45, 7) is 2.30. The van der Waals surface area contributed by atoms with Crippen LogP contribution in [0.15, 0.2) is 48.5 Å². The average molecular weight is 399 g/mol. The molecule has 0 spiro atoms. The smallest absolute Gasteiger partial charge is 0.348 e. The van der Waals surface area contributed by atoms with Gasteiger partial charge in [-0.3, -0.25) is 9.59 Å². The number of alkyl halides is 3. The van der Waals surface area contributed by atoms with Crippen molar-refractivity contribution in [3.8, 4) is 0 Å². The van der Waals surface area contributed by atoms with E-state index in [0.717, 1.165) is 29.5 Å². The maximum absolute atomic E-state index is 13.3. The Bertz CT molecular complexity index is 825. The molecule has 0 bridgehead atoms. The van der Waals surface area contributed by atoms with Gasteiger partial charge in [-0.1, -0.05) is 41.9 Å². The second-order valence-corrected chi connectivity index (χ2v) is 6.40. The van der Waals surface area contributed by atoms with Crippen LogP contribution in [0.4, 0.5) is 18.9 Å². The van der Waals surface area contributed by atoms with Gasteiger partial charge in [0.2, 0.25) is 11.8 Å². The fourth-order valence-electron chi connectivity index (χ4n) is 2.59. The number of hydrogen-bond acceptors (Lipinski definition) is 2. The summed E-state index contributed by atoms with van der Waals surface area (Å²) in [6, 6.07) is 11.8. The lowest BCUT2D eigenvalue weighted by atomic mass is 10.1. The molecule has 1 unspecified atom stereocenters. The van der Waals surface area contributed by atoms with Gasteiger partial charge < -0.3 is 10.2 Å². The van der Waals surface area contributed by atoms with Crippen LogP contribution in [-0.4, -0.2) is 18.4 Å². The average Bonchev–Trinajstić information content (AvgIpc) is 2.59. The summed E-state index contributed by atoms with van der Waals surface area (Å²) in [6.07, 6.45) is -4.72. The zero-order chi connectivity index (χ0) is 20.2. The molecule has 0 aliphatic rings. The quantitative estimate of drug-likeness (QED) is 0.800. The highest BCUT2D eigenvalue weighted by atomic mass is 35.5. The summed E-state index contributed by atoms with van der Waals surface area (Å²) < 4.78 is 40.0. The van der Waals surface area contributed by atoms with Gasteiger partial charge in [0.15, 0.2) is 0 Å². The number of anilines is 1. The van der Waals surface area contributed by atoms with E-state index in [1.165, 1.54) is 6.07 Å². The Kier molecular flexibility index (Phi) is 6.49. The van der Waals surface area contributed by atoms with Crippen LogP contribution in [0.3, 0.4) is 0 Å². The molecule has 0 aliphatic heterocycles. The predicted octanol–water partition coefficient (Wildman–Crippen LogP) is 4.59. The van der Waals surface area contributed by atoms with Crippen LogP contribution in [0.25, 0.3) is 0 Å². The second-order valence-electron chi connectivity index (χ2n) is 5.96. The zero-order valence-corrected chi connectivity index (χ0v) is 15.4. The first kappa shape index (κ1) is 20.8. The molecule has 0 aromatic heterocycles. The Labute approximate surface area is 159 Å². The number of hydrogen-bond donors (Lipinski definition) is 1. The number of carbonyl (C=O) groups is 2. The van der Waals surface area contributed by atoms with Gasteiger partial charge in [0.05, 0.1) is 17.3 Å². The van der Waals surface area contributed by atoms with Gasteiger partial charge in [0.1, 0.15) is 6.54 Å². The largest absolute Gasteiger partial charge is 0.418 e. The third-order valence-electron chi connectivity index (χ3n) is 3.91. The molecule has 2 aromatic rings. The minimum Gasteiger partial charge on any atom is -0.348 e. The summed E-state index contributed by atoms with van der Waals surface area (Å²) in [5.41, 5.74) is -0.654. The third-order valence-corrected chi connectivity index (χ3v) is 4.15. The number of benzene rings is 2. The number of nitrogens with one attached hydrogen (secondary N) is 1. The molecule has 144 valence electrons. The molecule has 4 nitrogen and oxygen atoms in total. The molecule has 8 heteroatoms. The van der Waals surface area contributed by atoms with Gasteiger partial charge in [0.25, 0.3) is 0 Å². The van der Waals surface area contributed by atoms with Crippen molar-refractivity contribution in [1.82, 2.24) is 5.32 Å². The van der Waals surface area contributed by atoms with Crippen LogP contribution in [0.2, 0.25) is 5.02 Å². The van der Waals surface area contributed by atoms with Crippen molar-refractivity contribution < 1.29 is 22.8 Å². The lowest BCUT2D eigenvalue weighted by molar-refractivity contribution is -0.137. The van der Waals surface area contributed by atoms with E-state index in [2.05, 4.69) is 5.32 Å². The molecule has 0 radical (unpaired) electrons. The standard InChI is InChI=1S/C19H18ClF3N2O2/c1-12(14-6-4-3-5-7-14)24-18(27)11-25(13(2)26)17-9-8-15(20)10-16(17)19(21,22)23/h3-10,12H,11H2,1-2H3,(H,24,27). The third kappa shape index (κ3) is 5.47. The first-order valence-corrected chi connectivity index (χ1v) is 8.46. The lowest BCUT2D eigenvalue weighted by Crippen LogP contribution is -2.41. The maximum atomic E-state index is 13.3. The van der Waals surface area contributed by atoms with Crippen LogP contribution < -0.4 is 10.2 Å². The fraction of sp³-hybridized carbons (Fsp3) is 0.263. The Balaban J connectivity index is 2.24. The van der Waals surface area contributed by atoms with Crippen molar-refractivity contribution >= 4 is 29.1 Å². The number of nitrogens with zero attached hydrogens (tertiary/aromatic N) is 1. The minimum absolute atomic E-state index is 0.114. The minimum atomic E-state index is -4.72. The van der Waals surface area contributed by atoms with Crippen molar-refractivity contribution in [3.05, 3.63) is 64.7 Å². The molecule has 0 aliphatic carbocycles. The van der Waals surface area contributed by atoms with E-state index in [4.69, 9.17) is 11.6 Å². The van der Waals surface area contributed by atoms with Gasteiger partial charge >= 0.3 is 6.18 Å². The molecule has 2 amide bonds. The van der Waals surface area contributed by atoms with Crippen molar-refractivity contribution in [2.45, 2.75) is 26.1 Å². The molecule has 2 aromatic carbocycles. The summed E-state index contributed by atoms with van der Waals surface area (Å²) in [5.74, 6) is -1.27. The van der Waals surface area contributed by atoms with Crippen molar-refractivity contribution in [2.24, 2.45) is 0 Å². The van der Waals surface area contributed by atoms with E-state index < -0.39 is 35.8 Å².